The second-order valence-electron chi connectivity index (χ2n) is 5.85. The number of hydrogen-bond donors (Lipinski definition) is 3. The van der Waals surface area contributed by atoms with Crippen molar-refractivity contribution in [2.75, 3.05) is 18.9 Å². The lowest BCUT2D eigenvalue weighted by Gasteiger charge is -2.35. The Balaban J connectivity index is 1.39. The Bertz CT molecular complexity index is 840. The van der Waals surface area contributed by atoms with E-state index >= 15 is 0 Å². The zero-order valence-corrected chi connectivity index (χ0v) is 13.5. The van der Waals surface area contributed by atoms with Gasteiger partial charge in [-0.3, -0.25) is 14.6 Å². The van der Waals surface area contributed by atoms with Crippen LogP contribution in [-0.2, 0) is 0 Å². The van der Waals surface area contributed by atoms with E-state index in [4.69, 9.17) is 15.2 Å². The van der Waals surface area contributed by atoms with Crippen molar-refractivity contribution in [2.45, 2.75) is 24.8 Å². The summed E-state index contributed by atoms with van der Waals surface area (Å²) in [7, 11) is 0. The van der Waals surface area contributed by atoms with Gasteiger partial charge >= 0.3 is 0 Å². The maximum Gasteiger partial charge on any atom is 0.265 e. The molecular weight excluding hydrogens is 332 g/mol. The SMILES string of the molecule is Nc1nc(C2CC(NC(=O)c3scc4c3OCCO4)C2)cc(=O)[nH]1. The first-order valence-corrected chi connectivity index (χ1v) is 8.53. The van der Waals surface area contributed by atoms with Gasteiger partial charge in [-0.05, 0) is 12.8 Å². The highest BCUT2D eigenvalue weighted by Crippen LogP contribution is 2.40. The Hall–Kier alpha value is -2.55. The fourth-order valence-electron chi connectivity index (χ4n) is 2.95. The summed E-state index contributed by atoms with van der Waals surface area (Å²) in [6.45, 7) is 0.951. The molecule has 2 aromatic rings. The van der Waals surface area contributed by atoms with Crippen molar-refractivity contribution in [2.24, 2.45) is 0 Å². The number of nitrogens with two attached hydrogens (primary N) is 1. The van der Waals surface area contributed by atoms with Crippen LogP contribution < -0.4 is 26.1 Å². The summed E-state index contributed by atoms with van der Waals surface area (Å²) >= 11 is 1.31. The van der Waals surface area contributed by atoms with E-state index in [1.54, 1.807) is 5.38 Å². The van der Waals surface area contributed by atoms with Crippen molar-refractivity contribution in [1.29, 1.82) is 0 Å². The van der Waals surface area contributed by atoms with E-state index in [0.29, 0.717) is 35.3 Å². The number of hydrogen-bond acceptors (Lipinski definition) is 7. The highest BCUT2D eigenvalue weighted by molar-refractivity contribution is 7.12. The van der Waals surface area contributed by atoms with E-state index in [2.05, 4.69) is 15.3 Å². The smallest absolute Gasteiger partial charge is 0.265 e. The Morgan fingerprint density at radius 3 is 2.96 bits per heavy atom. The van der Waals surface area contributed by atoms with Crippen LogP contribution in [0.3, 0.4) is 0 Å². The van der Waals surface area contributed by atoms with E-state index in [9.17, 15) is 9.59 Å². The van der Waals surface area contributed by atoms with E-state index in [0.717, 1.165) is 12.8 Å². The lowest BCUT2D eigenvalue weighted by Crippen LogP contribution is -2.43. The third kappa shape index (κ3) is 2.71. The van der Waals surface area contributed by atoms with Gasteiger partial charge in [0, 0.05) is 23.4 Å². The highest BCUT2D eigenvalue weighted by atomic mass is 32.1. The van der Waals surface area contributed by atoms with Gasteiger partial charge < -0.3 is 20.5 Å². The molecule has 1 aliphatic heterocycles. The second-order valence-corrected chi connectivity index (χ2v) is 6.73. The average Bonchev–Trinajstić information content (AvgIpc) is 2.93. The molecule has 24 heavy (non-hydrogen) atoms. The minimum atomic E-state index is -0.257. The van der Waals surface area contributed by atoms with Crippen LogP contribution in [0, 0.1) is 0 Å². The number of aromatic amines is 1. The fraction of sp³-hybridized carbons (Fsp3) is 0.400. The predicted molar refractivity (Wildman–Crippen MR) is 87.8 cm³/mol. The summed E-state index contributed by atoms with van der Waals surface area (Å²) < 4.78 is 11.0. The van der Waals surface area contributed by atoms with Crippen LogP contribution >= 0.6 is 11.3 Å². The summed E-state index contributed by atoms with van der Waals surface area (Å²) in [5, 5.41) is 4.78. The van der Waals surface area contributed by atoms with Crippen LogP contribution in [0.1, 0.15) is 34.1 Å². The summed E-state index contributed by atoms with van der Waals surface area (Å²) in [4.78, 5) is 31.0. The number of carbonyl (C=O) groups excluding carboxylic acids is 1. The van der Waals surface area contributed by atoms with Gasteiger partial charge in [0.2, 0.25) is 5.95 Å². The molecule has 1 amide bonds. The number of thiophene rings is 1. The molecule has 9 heteroatoms. The molecule has 8 nitrogen and oxygen atoms in total. The lowest BCUT2D eigenvalue weighted by atomic mass is 9.78. The zero-order chi connectivity index (χ0) is 16.7. The van der Waals surface area contributed by atoms with Crippen LogP contribution in [-0.4, -0.2) is 35.1 Å². The molecule has 0 atom stereocenters. The third-order valence-corrected chi connectivity index (χ3v) is 5.12. The van der Waals surface area contributed by atoms with Crippen molar-refractivity contribution in [1.82, 2.24) is 15.3 Å². The Labute approximate surface area is 141 Å². The molecule has 126 valence electrons. The minimum Gasteiger partial charge on any atom is -0.485 e. The summed E-state index contributed by atoms with van der Waals surface area (Å²) in [6, 6.07) is 1.51. The molecule has 0 saturated heterocycles. The molecule has 2 aliphatic rings. The summed E-state index contributed by atoms with van der Waals surface area (Å²) in [5.74, 6) is 1.26. The summed E-state index contributed by atoms with van der Waals surface area (Å²) in [5.41, 5.74) is 5.98. The molecule has 4 rings (SSSR count). The number of carbonyl (C=O) groups is 1. The second kappa shape index (κ2) is 5.82. The van der Waals surface area contributed by atoms with Gasteiger partial charge in [0.15, 0.2) is 11.5 Å². The number of rotatable bonds is 3. The molecule has 2 aromatic heterocycles. The number of nitrogens with zero attached hydrogens (tertiary/aromatic N) is 1. The standard InChI is InChI=1S/C15H16N4O4S/c16-15-18-9(5-11(20)19-15)7-3-8(4-7)17-14(21)13-12-10(6-24-13)22-1-2-23-12/h5-8H,1-4H2,(H,17,21)(H3,16,18,19,20). The van der Waals surface area contributed by atoms with Gasteiger partial charge in [-0.15, -0.1) is 11.3 Å². The van der Waals surface area contributed by atoms with Gasteiger partial charge in [0.05, 0.1) is 5.69 Å². The van der Waals surface area contributed by atoms with Gasteiger partial charge in [-0.25, -0.2) is 4.98 Å². The monoisotopic (exact) mass is 348 g/mol. The number of ether oxygens (including phenoxy) is 2. The van der Waals surface area contributed by atoms with E-state index < -0.39 is 0 Å². The molecule has 0 radical (unpaired) electrons. The van der Waals surface area contributed by atoms with Crippen molar-refractivity contribution < 1.29 is 14.3 Å². The Morgan fingerprint density at radius 2 is 2.17 bits per heavy atom. The number of amides is 1. The maximum atomic E-state index is 12.4. The summed E-state index contributed by atoms with van der Waals surface area (Å²) in [6.07, 6.45) is 1.46. The number of H-pyrrole nitrogens is 1. The quantitative estimate of drug-likeness (QED) is 0.757. The van der Waals surface area contributed by atoms with Crippen molar-refractivity contribution in [3.8, 4) is 11.5 Å². The Kier molecular flexibility index (Phi) is 3.64. The lowest BCUT2D eigenvalue weighted by molar-refractivity contribution is 0.0903. The average molecular weight is 348 g/mol. The molecule has 0 spiro atoms. The van der Waals surface area contributed by atoms with Crippen LogP contribution in [0.15, 0.2) is 16.2 Å². The normalized spacial score (nSPS) is 21.8. The minimum absolute atomic E-state index is 0.0482. The molecule has 3 heterocycles. The molecule has 0 aromatic carbocycles. The Morgan fingerprint density at radius 1 is 1.38 bits per heavy atom. The zero-order valence-electron chi connectivity index (χ0n) is 12.7. The molecule has 0 unspecified atom stereocenters. The third-order valence-electron chi connectivity index (χ3n) is 4.18. The van der Waals surface area contributed by atoms with Crippen LogP contribution in [0.25, 0.3) is 0 Å². The van der Waals surface area contributed by atoms with Crippen LogP contribution in [0.4, 0.5) is 5.95 Å². The van der Waals surface area contributed by atoms with Crippen LogP contribution in [0.5, 0.6) is 11.5 Å². The number of aromatic nitrogens is 2. The van der Waals surface area contributed by atoms with Gasteiger partial charge in [0.25, 0.3) is 11.5 Å². The highest BCUT2D eigenvalue weighted by Gasteiger charge is 2.34. The number of nitrogen functional groups attached to an aromatic ring is 1. The molecule has 1 saturated carbocycles. The molecule has 0 bridgehead atoms. The van der Waals surface area contributed by atoms with Crippen molar-refractivity contribution in [3.63, 3.8) is 0 Å². The molecule has 1 fully saturated rings. The first-order valence-electron chi connectivity index (χ1n) is 7.65. The molecule has 1 aliphatic carbocycles. The van der Waals surface area contributed by atoms with E-state index in [-0.39, 0.29) is 29.4 Å². The van der Waals surface area contributed by atoms with Crippen LogP contribution in [0.2, 0.25) is 0 Å². The van der Waals surface area contributed by atoms with E-state index in [1.165, 1.54) is 17.4 Å². The molecule has 4 N–H and O–H groups in total. The van der Waals surface area contributed by atoms with Crippen molar-refractivity contribution in [3.05, 3.63) is 32.4 Å². The first kappa shape index (κ1) is 15.0. The van der Waals surface area contributed by atoms with Gasteiger partial charge in [-0.2, -0.15) is 0 Å². The topological polar surface area (TPSA) is 119 Å². The van der Waals surface area contributed by atoms with Gasteiger partial charge in [0.1, 0.15) is 18.1 Å². The number of nitrogens with one attached hydrogen (secondary N) is 2. The van der Waals surface area contributed by atoms with Crippen molar-refractivity contribution >= 4 is 23.2 Å². The van der Waals surface area contributed by atoms with E-state index in [1.807, 2.05) is 0 Å². The predicted octanol–water partition coefficient (Wildman–Crippen LogP) is 0.861. The largest absolute Gasteiger partial charge is 0.485 e. The number of fused-ring (bicyclic) bond motifs is 1. The first-order chi connectivity index (χ1) is 11.6. The fourth-order valence-corrected chi connectivity index (χ4v) is 3.79. The molecular formula is C15H16N4O4S. The maximum absolute atomic E-state index is 12.4. The van der Waals surface area contributed by atoms with Gasteiger partial charge in [-0.1, -0.05) is 0 Å². The number of anilines is 1.